The highest BCUT2D eigenvalue weighted by Crippen LogP contribution is 2.29. The van der Waals surface area contributed by atoms with Crippen LogP contribution in [0.1, 0.15) is 6.92 Å². The number of hydrogen-bond donors (Lipinski definition) is 0. The SMILES string of the molecule is CC(=O)Oc1cc2ncccc2s1. The Morgan fingerprint density at radius 1 is 1.62 bits per heavy atom. The van der Waals surface area contributed by atoms with Crippen LogP contribution in [-0.4, -0.2) is 11.0 Å². The smallest absolute Gasteiger partial charge is 0.308 e. The van der Waals surface area contributed by atoms with E-state index in [2.05, 4.69) is 4.98 Å². The summed E-state index contributed by atoms with van der Waals surface area (Å²) in [4.78, 5) is 14.8. The molecule has 4 heteroatoms. The van der Waals surface area contributed by atoms with E-state index in [4.69, 9.17) is 4.74 Å². The fraction of sp³-hybridized carbons (Fsp3) is 0.111. The van der Waals surface area contributed by atoms with E-state index < -0.39 is 0 Å². The van der Waals surface area contributed by atoms with Crippen molar-refractivity contribution in [1.29, 1.82) is 0 Å². The lowest BCUT2D eigenvalue weighted by molar-refractivity contribution is -0.131. The number of pyridine rings is 1. The Balaban J connectivity index is 2.44. The first kappa shape index (κ1) is 8.19. The lowest BCUT2D eigenvalue weighted by Gasteiger charge is -1.91. The molecule has 0 aliphatic rings. The normalized spacial score (nSPS) is 10.2. The van der Waals surface area contributed by atoms with Crippen molar-refractivity contribution in [3.05, 3.63) is 24.4 Å². The molecule has 2 heterocycles. The van der Waals surface area contributed by atoms with Crippen LogP contribution >= 0.6 is 11.3 Å². The van der Waals surface area contributed by atoms with Gasteiger partial charge in [-0.2, -0.15) is 0 Å². The third-order valence-corrected chi connectivity index (χ3v) is 2.48. The van der Waals surface area contributed by atoms with Gasteiger partial charge in [-0.05, 0) is 12.1 Å². The van der Waals surface area contributed by atoms with Crippen LogP contribution in [0.25, 0.3) is 10.2 Å². The molecule has 2 aromatic heterocycles. The summed E-state index contributed by atoms with van der Waals surface area (Å²) in [7, 11) is 0. The van der Waals surface area contributed by atoms with Gasteiger partial charge in [-0.15, -0.1) is 0 Å². The second-order valence-corrected chi connectivity index (χ2v) is 3.59. The quantitative estimate of drug-likeness (QED) is 0.652. The summed E-state index contributed by atoms with van der Waals surface area (Å²) in [5.74, 6) is -0.299. The van der Waals surface area contributed by atoms with Gasteiger partial charge in [-0.1, -0.05) is 11.3 Å². The number of carbonyl (C=O) groups is 1. The number of esters is 1. The predicted molar refractivity (Wildman–Crippen MR) is 50.9 cm³/mol. The Morgan fingerprint density at radius 2 is 2.46 bits per heavy atom. The summed E-state index contributed by atoms with van der Waals surface area (Å²) in [5.41, 5.74) is 0.865. The van der Waals surface area contributed by atoms with Crippen molar-refractivity contribution in [1.82, 2.24) is 4.98 Å². The van der Waals surface area contributed by atoms with E-state index in [0.717, 1.165) is 10.2 Å². The fourth-order valence-corrected chi connectivity index (χ4v) is 1.95. The topological polar surface area (TPSA) is 39.2 Å². The number of hydrogen-bond acceptors (Lipinski definition) is 4. The first-order chi connectivity index (χ1) is 6.25. The molecular formula is C9H7NO2S. The van der Waals surface area contributed by atoms with Gasteiger partial charge < -0.3 is 4.74 Å². The minimum Gasteiger partial charge on any atom is -0.415 e. The van der Waals surface area contributed by atoms with Crippen LogP contribution in [0.5, 0.6) is 5.06 Å². The molecule has 0 fully saturated rings. The van der Waals surface area contributed by atoms with Crippen LogP contribution in [0.4, 0.5) is 0 Å². The average molecular weight is 193 g/mol. The van der Waals surface area contributed by atoms with Crippen LogP contribution in [0, 0.1) is 0 Å². The van der Waals surface area contributed by atoms with Gasteiger partial charge in [0.15, 0.2) is 5.06 Å². The molecule has 13 heavy (non-hydrogen) atoms. The maximum Gasteiger partial charge on any atom is 0.308 e. The van der Waals surface area contributed by atoms with Gasteiger partial charge in [0.25, 0.3) is 0 Å². The first-order valence-electron chi connectivity index (χ1n) is 3.79. The minimum absolute atomic E-state index is 0.299. The summed E-state index contributed by atoms with van der Waals surface area (Å²) >= 11 is 1.42. The van der Waals surface area contributed by atoms with Gasteiger partial charge >= 0.3 is 5.97 Å². The van der Waals surface area contributed by atoms with Gasteiger partial charge in [0, 0.05) is 19.2 Å². The molecule has 0 saturated carbocycles. The third-order valence-electron chi connectivity index (χ3n) is 1.51. The van der Waals surface area contributed by atoms with E-state index in [1.54, 1.807) is 12.3 Å². The summed E-state index contributed by atoms with van der Waals surface area (Å²) in [6, 6.07) is 5.57. The predicted octanol–water partition coefficient (Wildman–Crippen LogP) is 2.22. The lowest BCUT2D eigenvalue weighted by atomic mass is 10.4. The Morgan fingerprint density at radius 3 is 3.15 bits per heavy atom. The average Bonchev–Trinajstić information content (AvgIpc) is 2.44. The maximum absolute atomic E-state index is 10.7. The van der Waals surface area contributed by atoms with E-state index in [9.17, 15) is 4.79 Å². The highest BCUT2D eigenvalue weighted by atomic mass is 32.1. The van der Waals surface area contributed by atoms with Crippen LogP contribution in [0.2, 0.25) is 0 Å². The van der Waals surface area contributed by atoms with Crippen molar-refractivity contribution in [3.63, 3.8) is 0 Å². The molecule has 66 valence electrons. The van der Waals surface area contributed by atoms with E-state index in [1.807, 2.05) is 12.1 Å². The molecule has 0 N–H and O–H groups in total. The van der Waals surface area contributed by atoms with Gasteiger partial charge in [-0.25, -0.2) is 0 Å². The minimum atomic E-state index is -0.299. The molecule has 0 amide bonds. The number of aromatic nitrogens is 1. The van der Waals surface area contributed by atoms with Crippen molar-refractivity contribution in [2.45, 2.75) is 6.92 Å². The molecule has 0 aliphatic heterocycles. The second-order valence-electron chi connectivity index (χ2n) is 2.55. The summed E-state index contributed by atoms with van der Waals surface area (Å²) in [5, 5.41) is 0.598. The highest BCUT2D eigenvalue weighted by Gasteiger charge is 2.04. The Kier molecular flexibility index (Phi) is 1.98. The zero-order valence-electron chi connectivity index (χ0n) is 6.98. The van der Waals surface area contributed by atoms with E-state index >= 15 is 0 Å². The Bertz CT molecular complexity index is 417. The van der Waals surface area contributed by atoms with Crippen molar-refractivity contribution in [2.24, 2.45) is 0 Å². The fourth-order valence-electron chi connectivity index (χ4n) is 1.04. The number of fused-ring (bicyclic) bond motifs is 1. The molecule has 3 nitrogen and oxygen atoms in total. The van der Waals surface area contributed by atoms with E-state index in [1.165, 1.54) is 18.3 Å². The molecule has 0 atom stereocenters. The molecular weight excluding hydrogens is 186 g/mol. The number of carbonyl (C=O) groups excluding carboxylic acids is 1. The second kappa shape index (κ2) is 3.14. The number of nitrogens with zero attached hydrogens (tertiary/aromatic N) is 1. The van der Waals surface area contributed by atoms with Crippen molar-refractivity contribution in [2.75, 3.05) is 0 Å². The molecule has 0 spiro atoms. The zero-order chi connectivity index (χ0) is 9.26. The standard InChI is InChI=1S/C9H7NO2S/c1-6(11)12-9-5-7-8(13-9)3-2-4-10-7/h2-5H,1H3. The molecule has 2 rings (SSSR count). The van der Waals surface area contributed by atoms with Crippen LogP contribution in [-0.2, 0) is 4.79 Å². The van der Waals surface area contributed by atoms with Gasteiger partial charge in [-0.3, -0.25) is 9.78 Å². The van der Waals surface area contributed by atoms with Crippen LogP contribution in [0.15, 0.2) is 24.4 Å². The monoisotopic (exact) mass is 193 g/mol. The van der Waals surface area contributed by atoms with Gasteiger partial charge in [0.2, 0.25) is 0 Å². The van der Waals surface area contributed by atoms with Crippen molar-refractivity contribution < 1.29 is 9.53 Å². The molecule has 0 radical (unpaired) electrons. The summed E-state index contributed by atoms with van der Waals surface area (Å²) < 4.78 is 5.97. The maximum atomic E-state index is 10.7. The number of rotatable bonds is 1. The number of thiophene rings is 1. The van der Waals surface area contributed by atoms with Crippen molar-refractivity contribution >= 4 is 27.5 Å². The van der Waals surface area contributed by atoms with Gasteiger partial charge in [0.05, 0.1) is 10.2 Å². The Hall–Kier alpha value is -1.42. The first-order valence-corrected chi connectivity index (χ1v) is 4.60. The number of ether oxygens (including phenoxy) is 1. The van der Waals surface area contributed by atoms with E-state index in [0.29, 0.717) is 5.06 Å². The molecule has 0 unspecified atom stereocenters. The molecule has 0 saturated heterocycles. The van der Waals surface area contributed by atoms with E-state index in [-0.39, 0.29) is 5.97 Å². The molecule has 0 aromatic carbocycles. The lowest BCUT2D eigenvalue weighted by Crippen LogP contribution is -1.98. The van der Waals surface area contributed by atoms with Crippen molar-refractivity contribution in [3.8, 4) is 5.06 Å². The zero-order valence-corrected chi connectivity index (χ0v) is 7.80. The molecule has 0 bridgehead atoms. The molecule has 0 aliphatic carbocycles. The van der Waals surface area contributed by atoms with Crippen LogP contribution < -0.4 is 4.74 Å². The summed E-state index contributed by atoms with van der Waals surface area (Å²) in [6.45, 7) is 1.39. The largest absolute Gasteiger partial charge is 0.415 e. The van der Waals surface area contributed by atoms with Crippen LogP contribution in [0.3, 0.4) is 0 Å². The Labute approximate surface area is 79.0 Å². The third kappa shape index (κ3) is 1.67. The van der Waals surface area contributed by atoms with Gasteiger partial charge in [0.1, 0.15) is 0 Å². The molecule has 2 aromatic rings. The summed E-state index contributed by atoms with van der Waals surface area (Å²) in [6.07, 6.45) is 1.71. The highest BCUT2D eigenvalue weighted by molar-refractivity contribution is 7.20.